The molecular formula is C11H22N2O. The van der Waals surface area contributed by atoms with E-state index in [1.165, 1.54) is 0 Å². The molecule has 0 aliphatic carbocycles. The summed E-state index contributed by atoms with van der Waals surface area (Å²) in [7, 11) is 1.83. The molecule has 0 saturated heterocycles. The van der Waals surface area contributed by atoms with Gasteiger partial charge in [0.15, 0.2) is 0 Å². The lowest BCUT2D eigenvalue weighted by atomic mass is 10.3. The lowest BCUT2D eigenvalue weighted by molar-refractivity contribution is -0.130. The van der Waals surface area contributed by atoms with Gasteiger partial charge in [0.2, 0.25) is 5.91 Å². The number of nitrogens with zero attached hydrogens (tertiary/aromatic N) is 1. The van der Waals surface area contributed by atoms with Crippen molar-refractivity contribution in [3.05, 3.63) is 12.2 Å². The molecule has 0 aliphatic heterocycles. The van der Waals surface area contributed by atoms with Gasteiger partial charge < -0.3 is 10.2 Å². The molecule has 0 bridgehead atoms. The molecule has 0 aliphatic rings. The van der Waals surface area contributed by atoms with Crippen molar-refractivity contribution in [3.63, 3.8) is 0 Å². The van der Waals surface area contributed by atoms with Gasteiger partial charge in [-0.05, 0) is 33.7 Å². The molecule has 82 valence electrons. The van der Waals surface area contributed by atoms with Crippen molar-refractivity contribution in [2.45, 2.75) is 33.2 Å². The molecule has 0 spiro atoms. The molecule has 3 nitrogen and oxygen atoms in total. The quantitative estimate of drug-likeness (QED) is 0.517. The molecule has 0 atom stereocenters. The first-order valence-electron chi connectivity index (χ1n) is 5.17. The number of amides is 1. The highest BCUT2D eigenvalue weighted by molar-refractivity contribution is 5.78. The van der Waals surface area contributed by atoms with Crippen LogP contribution in [0.25, 0.3) is 0 Å². The molecule has 0 saturated carbocycles. The van der Waals surface area contributed by atoms with Crippen LogP contribution in [0.4, 0.5) is 0 Å². The molecule has 0 fully saturated rings. The molecular weight excluding hydrogens is 176 g/mol. The average molecular weight is 198 g/mol. The first kappa shape index (κ1) is 13.2. The van der Waals surface area contributed by atoms with Gasteiger partial charge in [0.1, 0.15) is 0 Å². The number of hydrogen-bond acceptors (Lipinski definition) is 2. The van der Waals surface area contributed by atoms with Crippen LogP contribution in [0.1, 0.15) is 27.2 Å². The highest BCUT2D eigenvalue weighted by Crippen LogP contribution is 1.93. The number of carbonyl (C=O) groups excluding carboxylic acids is 1. The summed E-state index contributed by atoms with van der Waals surface area (Å²) in [4.78, 5) is 13.2. The summed E-state index contributed by atoms with van der Waals surface area (Å²) in [6.45, 7) is 7.32. The lowest BCUT2D eigenvalue weighted by Crippen LogP contribution is -2.39. The number of carbonyl (C=O) groups is 1. The highest BCUT2D eigenvalue weighted by Gasteiger charge is 2.10. The van der Waals surface area contributed by atoms with Gasteiger partial charge in [-0.15, -0.1) is 0 Å². The predicted octanol–water partition coefficient (Wildman–Crippen LogP) is 1.41. The molecule has 0 heterocycles. The van der Waals surface area contributed by atoms with E-state index >= 15 is 0 Å². The Bertz CT molecular complexity index is 188. The maximum absolute atomic E-state index is 11.5. The minimum absolute atomic E-state index is 0.153. The molecule has 14 heavy (non-hydrogen) atoms. The van der Waals surface area contributed by atoms with Gasteiger partial charge in [0.05, 0.1) is 6.54 Å². The van der Waals surface area contributed by atoms with Crippen LogP contribution in [-0.2, 0) is 4.79 Å². The topological polar surface area (TPSA) is 32.3 Å². The fourth-order valence-corrected chi connectivity index (χ4v) is 0.960. The van der Waals surface area contributed by atoms with Gasteiger partial charge in [-0.1, -0.05) is 12.2 Å². The van der Waals surface area contributed by atoms with Gasteiger partial charge in [0.25, 0.3) is 0 Å². The van der Waals surface area contributed by atoms with E-state index in [9.17, 15) is 4.79 Å². The highest BCUT2D eigenvalue weighted by atomic mass is 16.2. The zero-order chi connectivity index (χ0) is 11.0. The van der Waals surface area contributed by atoms with Crippen molar-refractivity contribution < 1.29 is 4.79 Å². The first-order chi connectivity index (χ1) is 6.59. The monoisotopic (exact) mass is 198 g/mol. The van der Waals surface area contributed by atoms with Crippen LogP contribution in [0.15, 0.2) is 12.2 Å². The minimum atomic E-state index is 0.153. The third kappa shape index (κ3) is 5.75. The van der Waals surface area contributed by atoms with Crippen LogP contribution >= 0.6 is 0 Å². The van der Waals surface area contributed by atoms with E-state index in [0.29, 0.717) is 6.54 Å². The van der Waals surface area contributed by atoms with Gasteiger partial charge >= 0.3 is 0 Å². The van der Waals surface area contributed by atoms with Crippen LogP contribution in [0, 0.1) is 0 Å². The minimum Gasteiger partial charge on any atom is -0.342 e. The van der Waals surface area contributed by atoms with E-state index in [1.54, 1.807) is 4.90 Å². The SMILES string of the molecule is C/C=C/CCNCC(=O)N(C)C(C)C. The molecule has 0 radical (unpaired) electrons. The van der Waals surface area contributed by atoms with E-state index in [1.807, 2.05) is 33.9 Å². The summed E-state index contributed by atoms with van der Waals surface area (Å²) in [5, 5.41) is 3.11. The normalized spacial score (nSPS) is 11.2. The van der Waals surface area contributed by atoms with Crippen molar-refractivity contribution in [2.75, 3.05) is 20.1 Å². The molecule has 0 unspecified atom stereocenters. The second-order valence-electron chi connectivity index (χ2n) is 3.63. The predicted molar refractivity (Wildman–Crippen MR) is 60.2 cm³/mol. The Kier molecular flexibility index (Phi) is 7.11. The Morgan fingerprint density at radius 2 is 2.14 bits per heavy atom. The second-order valence-corrected chi connectivity index (χ2v) is 3.63. The van der Waals surface area contributed by atoms with E-state index in [0.717, 1.165) is 13.0 Å². The van der Waals surface area contributed by atoms with Crippen molar-refractivity contribution in [3.8, 4) is 0 Å². The number of hydrogen-bond donors (Lipinski definition) is 1. The summed E-state index contributed by atoms with van der Waals surface area (Å²) >= 11 is 0. The molecule has 1 amide bonds. The Hall–Kier alpha value is -0.830. The number of nitrogens with one attached hydrogen (secondary N) is 1. The van der Waals surface area contributed by atoms with Gasteiger partial charge in [-0.3, -0.25) is 4.79 Å². The Morgan fingerprint density at radius 3 is 2.64 bits per heavy atom. The van der Waals surface area contributed by atoms with E-state index in [2.05, 4.69) is 11.4 Å². The van der Waals surface area contributed by atoms with Crippen LogP contribution in [0.2, 0.25) is 0 Å². The van der Waals surface area contributed by atoms with Crippen LogP contribution in [0.3, 0.4) is 0 Å². The summed E-state index contributed by atoms with van der Waals surface area (Å²) in [6.07, 6.45) is 5.09. The average Bonchev–Trinajstić information content (AvgIpc) is 2.16. The fraction of sp³-hybridized carbons (Fsp3) is 0.727. The molecule has 0 aromatic carbocycles. The zero-order valence-corrected chi connectivity index (χ0v) is 9.71. The second kappa shape index (κ2) is 7.56. The van der Waals surface area contributed by atoms with Crippen LogP contribution in [-0.4, -0.2) is 37.0 Å². The Labute approximate surface area is 87.2 Å². The largest absolute Gasteiger partial charge is 0.342 e. The molecule has 0 rings (SSSR count). The summed E-state index contributed by atoms with van der Waals surface area (Å²) in [5.74, 6) is 0.153. The van der Waals surface area contributed by atoms with Crippen LogP contribution in [0.5, 0.6) is 0 Å². The maximum Gasteiger partial charge on any atom is 0.236 e. The van der Waals surface area contributed by atoms with Crippen molar-refractivity contribution in [1.82, 2.24) is 10.2 Å². The Morgan fingerprint density at radius 1 is 1.50 bits per heavy atom. The van der Waals surface area contributed by atoms with E-state index in [-0.39, 0.29) is 11.9 Å². The van der Waals surface area contributed by atoms with E-state index < -0.39 is 0 Å². The third-order valence-electron chi connectivity index (χ3n) is 2.17. The molecule has 3 heteroatoms. The standard InChI is InChI=1S/C11H22N2O/c1-5-6-7-8-12-9-11(14)13(4)10(2)3/h5-6,10,12H,7-9H2,1-4H3/b6-5+. The third-order valence-corrected chi connectivity index (χ3v) is 2.17. The van der Waals surface area contributed by atoms with Gasteiger partial charge in [-0.25, -0.2) is 0 Å². The van der Waals surface area contributed by atoms with Crippen molar-refractivity contribution in [1.29, 1.82) is 0 Å². The number of rotatable bonds is 6. The summed E-state index contributed by atoms with van der Waals surface area (Å²) < 4.78 is 0. The lowest BCUT2D eigenvalue weighted by Gasteiger charge is -2.21. The van der Waals surface area contributed by atoms with Gasteiger partial charge in [-0.2, -0.15) is 0 Å². The van der Waals surface area contributed by atoms with Crippen molar-refractivity contribution in [2.24, 2.45) is 0 Å². The maximum atomic E-state index is 11.5. The summed E-state index contributed by atoms with van der Waals surface area (Å²) in [6, 6.07) is 0.278. The number of allylic oxidation sites excluding steroid dienone is 1. The molecule has 1 N–H and O–H groups in total. The van der Waals surface area contributed by atoms with E-state index in [4.69, 9.17) is 0 Å². The van der Waals surface area contributed by atoms with Crippen molar-refractivity contribution >= 4 is 5.91 Å². The number of likely N-dealkylation sites (N-methyl/N-ethyl adjacent to an activating group) is 1. The fourth-order valence-electron chi connectivity index (χ4n) is 0.960. The van der Waals surface area contributed by atoms with Gasteiger partial charge in [0, 0.05) is 13.1 Å². The Balaban J connectivity index is 3.54. The molecule has 0 aromatic rings. The smallest absolute Gasteiger partial charge is 0.236 e. The summed E-state index contributed by atoms with van der Waals surface area (Å²) in [5.41, 5.74) is 0. The zero-order valence-electron chi connectivity index (χ0n) is 9.71. The molecule has 0 aromatic heterocycles. The first-order valence-corrected chi connectivity index (χ1v) is 5.17. The van der Waals surface area contributed by atoms with Crippen LogP contribution < -0.4 is 5.32 Å².